The molecule has 0 aliphatic carbocycles. The Balaban J connectivity index is 1.44. The van der Waals surface area contributed by atoms with Gasteiger partial charge < -0.3 is 24.2 Å². The van der Waals surface area contributed by atoms with Gasteiger partial charge in [-0.2, -0.15) is 4.98 Å². The van der Waals surface area contributed by atoms with Gasteiger partial charge >= 0.3 is 0 Å². The lowest BCUT2D eigenvalue weighted by atomic mass is 10.0. The molecular formula is C30H29F2N5O4S. The Bertz CT molecular complexity index is 1590. The number of nitro groups is 1. The van der Waals surface area contributed by atoms with Crippen LogP contribution in [-0.2, 0) is 24.4 Å². The van der Waals surface area contributed by atoms with E-state index in [1.807, 2.05) is 31.1 Å². The predicted octanol–water partition coefficient (Wildman–Crippen LogP) is 5.82. The maximum absolute atomic E-state index is 14.9. The monoisotopic (exact) mass is 593 g/mol. The maximum atomic E-state index is 14.9. The number of fused-ring (bicyclic) bond motifs is 1. The van der Waals surface area contributed by atoms with E-state index in [1.165, 1.54) is 41.7 Å². The highest BCUT2D eigenvalue weighted by atomic mass is 32.1. The number of thiophene rings is 1. The smallest absolute Gasteiger partial charge is 0.269 e. The minimum Gasteiger partial charge on any atom is -0.469 e. The number of ether oxygens (including phenoxy) is 2. The number of halogens is 2. The van der Waals surface area contributed by atoms with Crippen molar-refractivity contribution in [2.24, 2.45) is 0 Å². The molecule has 12 heteroatoms. The third-order valence-corrected chi connectivity index (χ3v) is 8.61. The second-order valence-electron chi connectivity index (χ2n) is 10.6. The molecule has 6 rings (SSSR count). The second kappa shape index (κ2) is 11.6. The van der Waals surface area contributed by atoms with Crippen LogP contribution in [0.5, 0.6) is 5.88 Å². The van der Waals surface area contributed by atoms with Gasteiger partial charge in [0.05, 0.1) is 36.4 Å². The van der Waals surface area contributed by atoms with Gasteiger partial charge in [0.15, 0.2) is 0 Å². The number of nitro benzene ring substituents is 1. The number of benzene rings is 2. The topological polar surface area (TPSA) is 84.2 Å². The van der Waals surface area contributed by atoms with Crippen LogP contribution in [0.1, 0.15) is 16.7 Å². The molecule has 4 aromatic rings. The molecule has 0 saturated carbocycles. The Hall–Kier alpha value is -4.13. The molecule has 0 atom stereocenters. The fourth-order valence-corrected chi connectivity index (χ4v) is 6.44. The summed E-state index contributed by atoms with van der Waals surface area (Å²) >= 11 is 1.53. The van der Waals surface area contributed by atoms with E-state index in [0.717, 1.165) is 26.6 Å². The molecule has 0 N–H and O–H groups in total. The fraction of sp³-hybridized carbons (Fsp3) is 0.300. The molecule has 2 aliphatic rings. The summed E-state index contributed by atoms with van der Waals surface area (Å²) in [7, 11) is 3.95. The average molecular weight is 594 g/mol. The minimum absolute atomic E-state index is 0.0127. The second-order valence-corrected chi connectivity index (χ2v) is 11.6. The van der Waals surface area contributed by atoms with Gasteiger partial charge in [0.2, 0.25) is 5.88 Å². The van der Waals surface area contributed by atoms with E-state index in [-0.39, 0.29) is 23.9 Å². The number of aromatic nitrogens is 1. The van der Waals surface area contributed by atoms with Gasteiger partial charge in [0.25, 0.3) is 5.69 Å². The molecule has 2 aromatic carbocycles. The van der Waals surface area contributed by atoms with E-state index in [2.05, 4.69) is 9.80 Å². The molecule has 0 radical (unpaired) electrons. The van der Waals surface area contributed by atoms with E-state index in [4.69, 9.17) is 14.5 Å². The molecule has 42 heavy (non-hydrogen) atoms. The standard InChI is InChI=1S/C30H29F2N5O4S/c1-34(2)13-22-23-14-35(27-7-4-8-28(33-27)41-21-16-40-17-21)18-36(15-24-25(31)5-3-6-26(24)32)30(23)42-29(22)19-9-11-20(12-10-19)37(38)39/h3-12,21H,13-18H2,1-2H3. The predicted molar refractivity (Wildman–Crippen MR) is 157 cm³/mol. The van der Waals surface area contributed by atoms with Crippen molar-refractivity contribution in [3.8, 4) is 16.3 Å². The highest BCUT2D eigenvalue weighted by Crippen LogP contribution is 2.46. The van der Waals surface area contributed by atoms with Crippen molar-refractivity contribution < 1.29 is 23.2 Å². The number of pyridine rings is 1. The first-order valence-electron chi connectivity index (χ1n) is 13.4. The van der Waals surface area contributed by atoms with Crippen LogP contribution in [0, 0.1) is 21.7 Å². The SMILES string of the molecule is CN(C)Cc1c(-c2ccc([N+](=O)[O-])cc2)sc2c1CN(c1cccc(OC3COC3)n1)CN2Cc1c(F)cccc1F. The summed E-state index contributed by atoms with van der Waals surface area (Å²) in [6.45, 7) is 2.52. The number of hydrogen-bond acceptors (Lipinski definition) is 9. The summed E-state index contributed by atoms with van der Waals surface area (Å²) in [4.78, 5) is 22.7. The molecule has 4 heterocycles. The van der Waals surface area contributed by atoms with Gasteiger partial charge in [-0.25, -0.2) is 8.78 Å². The highest BCUT2D eigenvalue weighted by molar-refractivity contribution is 7.19. The highest BCUT2D eigenvalue weighted by Gasteiger charge is 2.32. The lowest BCUT2D eigenvalue weighted by molar-refractivity contribution is -0.384. The molecule has 0 bridgehead atoms. The maximum Gasteiger partial charge on any atom is 0.269 e. The number of nitrogens with zero attached hydrogens (tertiary/aromatic N) is 5. The Kier molecular flexibility index (Phi) is 7.76. The number of hydrogen-bond donors (Lipinski definition) is 0. The van der Waals surface area contributed by atoms with Crippen molar-refractivity contribution >= 4 is 27.8 Å². The van der Waals surface area contributed by atoms with Crippen LogP contribution in [0.15, 0.2) is 60.7 Å². The van der Waals surface area contributed by atoms with E-state index in [9.17, 15) is 18.9 Å². The summed E-state index contributed by atoms with van der Waals surface area (Å²) in [6, 6.07) is 16.0. The third kappa shape index (κ3) is 5.65. The van der Waals surface area contributed by atoms with Crippen LogP contribution >= 0.6 is 11.3 Å². The quantitative estimate of drug-likeness (QED) is 0.177. The number of rotatable bonds is 9. The number of anilines is 2. The van der Waals surface area contributed by atoms with Crippen molar-refractivity contribution in [1.29, 1.82) is 0 Å². The first-order chi connectivity index (χ1) is 20.3. The molecule has 1 fully saturated rings. The van der Waals surface area contributed by atoms with Crippen LogP contribution in [-0.4, -0.2) is 54.9 Å². The zero-order chi connectivity index (χ0) is 29.4. The molecular weight excluding hydrogens is 564 g/mol. The Morgan fingerprint density at radius 1 is 1.07 bits per heavy atom. The molecule has 0 amide bonds. The van der Waals surface area contributed by atoms with Crippen molar-refractivity contribution in [2.75, 3.05) is 43.8 Å². The van der Waals surface area contributed by atoms with Gasteiger partial charge in [0.1, 0.15) is 23.6 Å². The largest absolute Gasteiger partial charge is 0.469 e. The van der Waals surface area contributed by atoms with Gasteiger partial charge in [-0.3, -0.25) is 10.1 Å². The van der Waals surface area contributed by atoms with Gasteiger partial charge in [-0.15, -0.1) is 11.3 Å². The summed E-state index contributed by atoms with van der Waals surface area (Å²) < 4.78 is 40.9. The fourth-order valence-electron chi connectivity index (χ4n) is 5.11. The Morgan fingerprint density at radius 2 is 1.79 bits per heavy atom. The van der Waals surface area contributed by atoms with Crippen LogP contribution in [0.2, 0.25) is 0 Å². The van der Waals surface area contributed by atoms with Gasteiger partial charge in [-0.1, -0.05) is 12.1 Å². The normalized spacial score (nSPS) is 15.1. The zero-order valence-corrected chi connectivity index (χ0v) is 23.9. The minimum atomic E-state index is -0.606. The molecule has 2 aromatic heterocycles. The molecule has 2 aliphatic heterocycles. The summed E-state index contributed by atoms with van der Waals surface area (Å²) in [5.41, 5.74) is 2.91. The Labute approximate surface area is 245 Å². The van der Waals surface area contributed by atoms with Crippen molar-refractivity contribution in [1.82, 2.24) is 9.88 Å². The summed E-state index contributed by atoms with van der Waals surface area (Å²) in [6.07, 6.45) is -0.0333. The molecule has 1 saturated heterocycles. The van der Waals surface area contributed by atoms with Gasteiger partial charge in [0, 0.05) is 47.3 Å². The molecule has 0 unspecified atom stereocenters. The van der Waals surface area contributed by atoms with E-state index < -0.39 is 16.6 Å². The Morgan fingerprint density at radius 3 is 2.43 bits per heavy atom. The van der Waals surface area contributed by atoms with Crippen LogP contribution < -0.4 is 14.5 Å². The van der Waals surface area contributed by atoms with E-state index in [1.54, 1.807) is 18.2 Å². The first-order valence-corrected chi connectivity index (χ1v) is 14.3. The lowest BCUT2D eigenvalue weighted by Crippen LogP contribution is -2.42. The summed E-state index contributed by atoms with van der Waals surface area (Å²) in [5.74, 6) is -0.0452. The van der Waals surface area contributed by atoms with Crippen molar-refractivity contribution in [3.05, 3.63) is 99.1 Å². The van der Waals surface area contributed by atoms with Crippen LogP contribution in [0.25, 0.3) is 10.4 Å². The van der Waals surface area contributed by atoms with Crippen molar-refractivity contribution in [2.45, 2.75) is 25.7 Å². The zero-order valence-electron chi connectivity index (χ0n) is 23.1. The summed E-state index contributed by atoms with van der Waals surface area (Å²) in [5, 5.41) is 12.2. The van der Waals surface area contributed by atoms with Crippen LogP contribution in [0.3, 0.4) is 0 Å². The third-order valence-electron chi connectivity index (χ3n) is 7.23. The van der Waals surface area contributed by atoms with Crippen LogP contribution in [0.4, 0.5) is 25.3 Å². The first kappa shape index (κ1) is 28.0. The molecule has 218 valence electrons. The van der Waals surface area contributed by atoms with Gasteiger partial charge in [-0.05, 0) is 55.6 Å². The van der Waals surface area contributed by atoms with E-state index >= 15 is 0 Å². The number of non-ortho nitro benzene ring substituents is 1. The van der Waals surface area contributed by atoms with E-state index in [0.29, 0.717) is 44.7 Å². The van der Waals surface area contributed by atoms with Crippen molar-refractivity contribution in [3.63, 3.8) is 0 Å². The lowest BCUT2D eigenvalue weighted by Gasteiger charge is -2.38. The average Bonchev–Trinajstić information content (AvgIpc) is 3.30. The molecule has 9 nitrogen and oxygen atoms in total. The molecule has 0 spiro atoms.